The van der Waals surface area contributed by atoms with Gasteiger partial charge >= 0.3 is 6.55 Å². The highest BCUT2D eigenvalue weighted by Crippen LogP contribution is 2.36. The van der Waals surface area contributed by atoms with Crippen LogP contribution in [0.2, 0.25) is 5.02 Å². The molecule has 13 heteroatoms. The predicted octanol–water partition coefficient (Wildman–Crippen LogP) is 5.75. The third kappa shape index (κ3) is 5.20. The zero-order valence-electron chi connectivity index (χ0n) is 22.4. The van der Waals surface area contributed by atoms with Gasteiger partial charge in [-0.2, -0.15) is 13.9 Å². The van der Waals surface area contributed by atoms with Gasteiger partial charge in [-0.1, -0.05) is 48.4 Å². The lowest BCUT2D eigenvalue weighted by atomic mass is 9.94. The lowest BCUT2D eigenvalue weighted by molar-refractivity contribution is -0.119. The van der Waals surface area contributed by atoms with Crippen molar-refractivity contribution in [1.82, 2.24) is 34.3 Å². The Balaban J connectivity index is 1.45. The quantitative estimate of drug-likeness (QED) is 0.285. The minimum absolute atomic E-state index is 0.0918. The van der Waals surface area contributed by atoms with Crippen LogP contribution in [0.25, 0.3) is 28.2 Å². The van der Waals surface area contributed by atoms with Gasteiger partial charge < -0.3 is 5.32 Å². The van der Waals surface area contributed by atoms with Crippen LogP contribution in [0.3, 0.4) is 0 Å². The Bertz CT molecular complexity index is 1820. The molecule has 2 aromatic carbocycles. The molecular formula is C29H25ClF2N8O2. The molecule has 0 saturated heterocycles. The number of hydrogen-bond donors (Lipinski definition) is 1. The van der Waals surface area contributed by atoms with Gasteiger partial charge in [-0.05, 0) is 42.7 Å². The van der Waals surface area contributed by atoms with Crippen molar-refractivity contribution >= 4 is 23.2 Å². The fourth-order valence-electron chi connectivity index (χ4n) is 5.29. The third-order valence-electron chi connectivity index (χ3n) is 7.42. The maximum Gasteiger partial charge on any atom is 0.333 e. The zero-order valence-corrected chi connectivity index (χ0v) is 23.1. The highest BCUT2D eigenvalue weighted by Gasteiger charge is 2.25. The molecule has 1 aliphatic heterocycles. The van der Waals surface area contributed by atoms with E-state index in [0.29, 0.717) is 51.5 Å². The molecular weight excluding hydrogens is 566 g/mol. The standard InChI is InChI=1S/C29H25ClF2N8O2/c1-17-4-2-7-24(18-5-3-6-19(12-18)27-23(36-28(17)42)15-35-40(27)29(31)32)38-16-33-22(14-26(38)41)21-13-20(30)8-9-25(21)39-11-10-34-37-39/h3,5-6,8-17,24,29H,2,4,7H2,1H3,(H,36,42)/t17-,24+/m1/s1. The summed E-state index contributed by atoms with van der Waals surface area (Å²) in [7, 11) is 0. The molecule has 0 fully saturated rings. The summed E-state index contributed by atoms with van der Waals surface area (Å²) in [5, 5.41) is 15.0. The molecule has 0 spiro atoms. The smallest absolute Gasteiger partial charge is 0.323 e. The van der Waals surface area contributed by atoms with E-state index in [1.165, 1.54) is 23.2 Å². The first-order valence-corrected chi connectivity index (χ1v) is 13.7. The Morgan fingerprint density at radius 3 is 2.71 bits per heavy atom. The lowest BCUT2D eigenvalue weighted by Gasteiger charge is -2.23. The number of alkyl halides is 2. The molecule has 10 nitrogen and oxygen atoms in total. The van der Waals surface area contributed by atoms with Crippen LogP contribution in [0.1, 0.15) is 44.3 Å². The van der Waals surface area contributed by atoms with E-state index in [0.717, 1.165) is 5.56 Å². The molecule has 0 radical (unpaired) electrons. The van der Waals surface area contributed by atoms with Crippen molar-refractivity contribution < 1.29 is 13.6 Å². The van der Waals surface area contributed by atoms with Crippen LogP contribution in [0.4, 0.5) is 14.5 Å². The van der Waals surface area contributed by atoms with E-state index in [1.54, 1.807) is 60.4 Å². The van der Waals surface area contributed by atoms with Crippen LogP contribution in [0.15, 0.2) is 78.2 Å². The summed E-state index contributed by atoms with van der Waals surface area (Å²) in [6.45, 7) is -1.13. The molecule has 0 unspecified atom stereocenters. The van der Waals surface area contributed by atoms with E-state index in [1.807, 2.05) is 6.07 Å². The molecule has 0 aliphatic carbocycles. The molecule has 2 bridgehead atoms. The van der Waals surface area contributed by atoms with Crippen LogP contribution in [-0.4, -0.2) is 40.2 Å². The summed E-state index contributed by atoms with van der Waals surface area (Å²) < 4.78 is 31.5. The van der Waals surface area contributed by atoms with E-state index < -0.39 is 12.6 Å². The van der Waals surface area contributed by atoms with E-state index in [-0.39, 0.29) is 28.8 Å². The average Bonchev–Trinajstić information content (AvgIpc) is 3.66. The molecule has 3 aromatic heterocycles. The zero-order chi connectivity index (χ0) is 29.4. The first kappa shape index (κ1) is 27.5. The van der Waals surface area contributed by atoms with E-state index in [9.17, 15) is 18.4 Å². The van der Waals surface area contributed by atoms with Gasteiger partial charge in [0.1, 0.15) is 0 Å². The van der Waals surface area contributed by atoms with Crippen molar-refractivity contribution in [3.63, 3.8) is 0 Å². The van der Waals surface area contributed by atoms with Crippen molar-refractivity contribution in [3.8, 4) is 28.2 Å². The maximum atomic E-state index is 13.9. The number of halogens is 3. The number of hydrogen-bond acceptors (Lipinski definition) is 6. The highest BCUT2D eigenvalue weighted by atomic mass is 35.5. The van der Waals surface area contributed by atoms with Gasteiger partial charge in [-0.15, -0.1) is 5.10 Å². The number of benzene rings is 2. The van der Waals surface area contributed by atoms with Gasteiger partial charge in [0, 0.05) is 28.1 Å². The first-order valence-electron chi connectivity index (χ1n) is 13.3. The summed E-state index contributed by atoms with van der Waals surface area (Å²) in [6, 6.07) is 13.2. The lowest BCUT2D eigenvalue weighted by Crippen LogP contribution is -2.26. The largest absolute Gasteiger partial charge is 0.333 e. The second-order valence-electron chi connectivity index (χ2n) is 10.1. The SMILES string of the molecule is C[C@@H]1CCC[C@H](n2cnc(-c3cc(Cl)ccc3-n3ccnn3)cc2=O)c2cccc(c2)-c2c(cnn2C(F)F)NC1=O. The number of fused-ring (bicyclic) bond motifs is 4. The van der Waals surface area contributed by atoms with Gasteiger partial charge in [0.15, 0.2) is 0 Å². The summed E-state index contributed by atoms with van der Waals surface area (Å²) in [6.07, 6.45) is 7.62. The number of amides is 1. The van der Waals surface area contributed by atoms with Crippen LogP contribution in [0, 0.1) is 5.92 Å². The van der Waals surface area contributed by atoms with Gasteiger partial charge in [0.2, 0.25) is 5.91 Å². The number of carbonyl (C=O) groups excluding carboxylic acids is 1. The minimum Gasteiger partial charge on any atom is -0.323 e. The monoisotopic (exact) mass is 590 g/mol. The Hall–Kier alpha value is -4.71. The van der Waals surface area contributed by atoms with Crippen molar-refractivity contribution in [2.45, 2.75) is 38.8 Å². The Morgan fingerprint density at radius 1 is 1.10 bits per heavy atom. The Labute approximate surface area is 243 Å². The van der Waals surface area contributed by atoms with E-state index in [2.05, 4.69) is 25.7 Å². The Kier molecular flexibility index (Phi) is 7.38. The normalized spacial score (nSPS) is 17.3. The molecule has 5 aromatic rings. The second kappa shape index (κ2) is 11.3. The fourth-order valence-corrected chi connectivity index (χ4v) is 5.47. The predicted molar refractivity (Wildman–Crippen MR) is 153 cm³/mol. The van der Waals surface area contributed by atoms with Gasteiger partial charge in [-0.25, -0.2) is 14.3 Å². The topological polar surface area (TPSA) is 113 Å². The number of nitrogens with one attached hydrogen (secondary N) is 1. The Morgan fingerprint density at radius 2 is 1.95 bits per heavy atom. The molecule has 4 heterocycles. The number of carbonyl (C=O) groups is 1. The highest BCUT2D eigenvalue weighted by molar-refractivity contribution is 6.31. The number of nitrogens with zero attached hydrogens (tertiary/aromatic N) is 7. The molecule has 0 saturated carbocycles. The summed E-state index contributed by atoms with van der Waals surface area (Å²) in [4.78, 5) is 31.2. The van der Waals surface area contributed by atoms with Crippen molar-refractivity contribution in [3.05, 3.63) is 94.4 Å². The summed E-state index contributed by atoms with van der Waals surface area (Å²) in [5.74, 6) is -0.673. The fraction of sp³-hybridized carbons (Fsp3) is 0.241. The van der Waals surface area contributed by atoms with Gasteiger partial charge in [0.25, 0.3) is 5.56 Å². The van der Waals surface area contributed by atoms with Crippen LogP contribution in [0.5, 0.6) is 0 Å². The summed E-state index contributed by atoms with van der Waals surface area (Å²) >= 11 is 6.29. The van der Waals surface area contributed by atoms with Crippen LogP contribution < -0.4 is 10.9 Å². The number of rotatable bonds is 4. The minimum atomic E-state index is -2.91. The first-order chi connectivity index (χ1) is 20.3. The molecule has 2 atom stereocenters. The molecule has 214 valence electrons. The van der Waals surface area contributed by atoms with E-state index in [4.69, 9.17) is 11.6 Å². The van der Waals surface area contributed by atoms with Crippen molar-refractivity contribution in [1.29, 1.82) is 0 Å². The van der Waals surface area contributed by atoms with Crippen molar-refractivity contribution in [2.75, 3.05) is 5.32 Å². The number of anilines is 1. The average molecular weight is 591 g/mol. The van der Waals surface area contributed by atoms with Gasteiger partial charge in [-0.3, -0.25) is 14.2 Å². The second-order valence-corrected chi connectivity index (χ2v) is 10.6. The van der Waals surface area contributed by atoms with E-state index >= 15 is 0 Å². The van der Waals surface area contributed by atoms with Crippen molar-refractivity contribution in [2.24, 2.45) is 5.92 Å². The molecule has 1 N–H and O–H groups in total. The molecule has 42 heavy (non-hydrogen) atoms. The number of aromatic nitrogens is 7. The molecule has 1 amide bonds. The van der Waals surface area contributed by atoms with Crippen LogP contribution in [-0.2, 0) is 4.79 Å². The molecule has 1 aliphatic rings. The molecule has 6 rings (SSSR count). The van der Waals surface area contributed by atoms with Crippen LogP contribution >= 0.6 is 11.6 Å². The summed E-state index contributed by atoms with van der Waals surface area (Å²) in [5.41, 5.74) is 2.82. The maximum absolute atomic E-state index is 13.9. The van der Waals surface area contributed by atoms with Gasteiger partial charge in [0.05, 0.1) is 53.7 Å². The third-order valence-corrected chi connectivity index (χ3v) is 7.66.